The lowest BCUT2D eigenvalue weighted by molar-refractivity contribution is -0.679. The second-order valence-electron chi connectivity index (χ2n) is 7.71. The molecule has 2 heterocycles. The number of hydrogen-bond donors (Lipinski definition) is 1. The molecule has 0 unspecified atom stereocenters. The molecule has 0 radical (unpaired) electrons. The standard InChI is InChI=1S/C17H19N2O2.C7H8O3S/c1-18-9-5-8-15-16(18)11-19(17(15)21)14(12-20)10-13-6-3-2-4-7-13;1-6-2-4-7(5-3-6)11(8,9)10/h2-9,14,20H,10-12H2,1H3;2-5H,1H3,(H,8,9,10)/q+1;/p-1/t14-;/m0./s1. The molecule has 2 aromatic carbocycles. The number of nitrogens with zero attached hydrogens (tertiary/aromatic N) is 2. The maximum Gasteiger partial charge on any atom is 0.261 e. The van der Waals surface area contributed by atoms with E-state index in [0.29, 0.717) is 13.0 Å². The van der Waals surface area contributed by atoms with E-state index < -0.39 is 10.1 Å². The molecule has 0 bridgehead atoms. The van der Waals surface area contributed by atoms with E-state index in [1.807, 2.05) is 67.2 Å². The fourth-order valence-corrected chi connectivity index (χ4v) is 4.05. The topological polar surface area (TPSA) is 102 Å². The molecule has 32 heavy (non-hydrogen) atoms. The third-order valence-electron chi connectivity index (χ3n) is 5.40. The van der Waals surface area contributed by atoms with Gasteiger partial charge in [-0.15, -0.1) is 0 Å². The van der Waals surface area contributed by atoms with Crippen molar-refractivity contribution >= 4 is 16.0 Å². The highest BCUT2D eigenvalue weighted by Gasteiger charge is 2.37. The fraction of sp³-hybridized carbons (Fsp3) is 0.250. The third-order valence-corrected chi connectivity index (χ3v) is 6.25. The highest BCUT2D eigenvalue weighted by atomic mass is 32.2. The largest absolute Gasteiger partial charge is 0.744 e. The summed E-state index contributed by atoms with van der Waals surface area (Å²) in [5, 5.41) is 9.71. The zero-order valence-electron chi connectivity index (χ0n) is 18.0. The van der Waals surface area contributed by atoms with Gasteiger partial charge in [0.25, 0.3) is 5.91 Å². The van der Waals surface area contributed by atoms with Crippen molar-refractivity contribution in [1.82, 2.24) is 4.90 Å². The number of aryl methyl sites for hydroxylation is 2. The number of amides is 1. The highest BCUT2D eigenvalue weighted by molar-refractivity contribution is 7.85. The quantitative estimate of drug-likeness (QED) is 0.469. The van der Waals surface area contributed by atoms with Gasteiger partial charge in [-0.05, 0) is 37.1 Å². The van der Waals surface area contributed by atoms with E-state index in [9.17, 15) is 22.9 Å². The first kappa shape index (κ1) is 23.6. The number of aromatic nitrogens is 1. The molecule has 1 aliphatic rings. The van der Waals surface area contributed by atoms with E-state index in [-0.39, 0.29) is 23.5 Å². The smallest absolute Gasteiger partial charge is 0.261 e. The Labute approximate surface area is 188 Å². The van der Waals surface area contributed by atoms with E-state index in [2.05, 4.69) is 0 Å². The SMILES string of the molecule is C[n+]1cccc2c1CN([C@H](CO)Cc1ccccc1)C2=O.Cc1ccc(S(=O)(=O)[O-])cc1. The summed E-state index contributed by atoms with van der Waals surface area (Å²) in [6.07, 6.45) is 2.61. The second-order valence-corrected chi connectivity index (χ2v) is 9.09. The normalized spacial score (nSPS) is 13.9. The van der Waals surface area contributed by atoms with Gasteiger partial charge in [0.15, 0.2) is 6.20 Å². The molecule has 0 saturated heterocycles. The molecule has 0 aliphatic carbocycles. The summed E-state index contributed by atoms with van der Waals surface area (Å²) in [6.45, 7) is 2.35. The van der Waals surface area contributed by atoms with Crippen molar-refractivity contribution in [3.05, 3.63) is 95.3 Å². The Balaban J connectivity index is 0.000000222. The van der Waals surface area contributed by atoms with Gasteiger partial charge in [0.1, 0.15) is 29.3 Å². The van der Waals surface area contributed by atoms with Crippen molar-refractivity contribution in [3.8, 4) is 0 Å². The number of hydrogen-bond acceptors (Lipinski definition) is 5. The number of fused-ring (bicyclic) bond motifs is 1. The summed E-state index contributed by atoms with van der Waals surface area (Å²) in [5.41, 5.74) is 3.81. The molecule has 0 spiro atoms. The molecule has 1 N–H and O–H groups in total. The van der Waals surface area contributed by atoms with Gasteiger partial charge >= 0.3 is 0 Å². The van der Waals surface area contributed by atoms with E-state index in [1.54, 1.807) is 17.0 Å². The summed E-state index contributed by atoms with van der Waals surface area (Å²) < 4.78 is 33.1. The Morgan fingerprint density at radius 2 is 1.72 bits per heavy atom. The van der Waals surface area contributed by atoms with E-state index in [1.165, 1.54) is 12.1 Å². The molecule has 3 aromatic rings. The molecule has 168 valence electrons. The van der Waals surface area contributed by atoms with Gasteiger partial charge in [0, 0.05) is 6.07 Å². The first-order valence-electron chi connectivity index (χ1n) is 10.2. The number of carbonyl (C=O) groups excluding carboxylic acids is 1. The molecule has 0 saturated carbocycles. The van der Waals surface area contributed by atoms with Crippen LogP contribution in [0.5, 0.6) is 0 Å². The van der Waals surface area contributed by atoms with Crippen LogP contribution in [0.4, 0.5) is 0 Å². The first-order chi connectivity index (χ1) is 15.2. The van der Waals surface area contributed by atoms with E-state index in [4.69, 9.17) is 0 Å². The monoisotopic (exact) mass is 454 g/mol. The Bertz CT molecular complexity index is 1180. The zero-order chi connectivity index (χ0) is 23.3. The summed E-state index contributed by atoms with van der Waals surface area (Å²) in [6, 6.07) is 19.3. The van der Waals surface area contributed by atoms with Gasteiger partial charge in [0.2, 0.25) is 5.69 Å². The molecule has 0 fully saturated rings. The molecule has 8 heteroatoms. The van der Waals surface area contributed by atoms with Crippen LogP contribution in [0.1, 0.15) is 27.2 Å². The number of aliphatic hydroxyl groups is 1. The number of pyridine rings is 1. The van der Waals surface area contributed by atoms with Crippen LogP contribution in [-0.4, -0.2) is 41.5 Å². The minimum atomic E-state index is -4.27. The Kier molecular flexibility index (Phi) is 7.40. The van der Waals surface area contributed by atoms with Crippen LogP contribution >= 0.6 is 0 Å². The van der Waals surface area contributed by atoms with Crippen molar-refractivity contribution in [2.45, 2.75) is 30.8 Å². The fourth-order valence-electron chi connectivity index (χ4n) is 3.58. The average Bonchev–Trinajstić information content (AvgIpc) is 3.11. The van der Waals surface area contributed by atoms with Gasteiger partial charge in [0.05, 0.1) is 17.5 Å². The first-order valence-corrected chi connectivity index (χ1v) is 11.6. The third kappa shape index (κ3) is 5.59. The predicted octanol–water partition coefficient (Wildman–Crippen LogP) is 1.97. The molecule has 1 atom stereocenters. The Morgan fingerprint density at radius 1 is 1.06 bits per heavy atom. The predicted molar refractivity (Wildman–Crippen MR) is 118 cm³/mol. The van der Waals surface area contributed by atoms with Gasteiger partial charge in [-0.25, -0.2) is 13.0 Å². The Morgan fingerprint density at radius 3 is 2.28 bits per heavy atom. The number of benzene rings is 2. The lowest BCUT2D eigenvalue weighted by Gasteiger charge is -2.25. The van der Waals surface area contributed by atoms with Crippen molar-refractivity contribution in [1.29, 1.82) is 0 Å². The zero-order valence-corrected chi connectivity index (χ0v) is 18.8. The van der Waals surface area contributed by atoms with Gasteiger partial charge in [-0.1, -0.05) is 48.0 Å². The maximum absolute atomic E-state index is 12.5. The average molecular weight is 455 g/mol. The van der Waals surface area contributed by atoms with Crippen molar-refractivity contribution < 1.29 is 27.4 Å². The molecular weight excluding hydrogens is 428 g/mol. The lowest BCUT2D eigenvalue weighted by Crippen LogP contribution is -2.40. The molecule has 1 aromatic heterocycles. The summed E-state index contributed by atoms with van der Waals surface area (Å²) in [4.78, 5) is 14.1. The van der Waals surface area contributed by atoms with Crippen molar-refractivity contribution in [2.75, 3.05) is 6.61 Å². The summed E-state index contributed by atoms with van der Waals surface area (Å²) in [5.74, 6) is 0.0104. The maximum atomic E-state index is 12.5. The molecular formula is C24H26N2O5S. The van der Waals surface area contributed by atoms with Gasteiger partial charge in [-0.3, -0.25) is 4.79 Å². The summed E-state index contributed by atoms with van der Waals surface area (Å²) >= 11 is 0. The molecule has 4 rings (SSSR count). The van der Waals surface area contributed by atoms with Crippen LogP contribution in [0.15, 0.2) is 77.8 Å². The molecule has 7 nitrogen and oxygen atoms in total. The summed E-state index contributed by atoms with van der Waals surface area (Å²) in [7, 11) is -2.32. The van der Waals surface area contributed by atoms with Crippen LogP contribution in [0.25, 0.3) is 0 Å². The van der Waals surface area contributed by atoms with Crippen molar-refractivity contribution in [2.24, 2.45) is 7.05 Å². The van der Waals surface area contributed by atoms with E-state index >= 15 is 0 Å². The van der Waals surface area contributed by atoms with Crippen LogP contribution in [-0.2, 0) is 30.1 Å². The van der Waals surface area contributed by atoms with Crippen molar-refractivity contribution in [3.63, 3.8) is 0 Å². The van der Waals surface area contributed by atoms with Gasteiger partial charge in [-0.2, -0.15) is 0 Å². The van der Waals surface area contributed by atoms with Gasteiger partial charge < -0.3 is 14.6 Å². The van der Waals surface area contributed by atoms with Crippen LogP contribution < -0.4 is 4.57 Å². The number of rotatable bonds is 5. The minimum absolute atomic E-state index is 0.0104. The highest BCUT2D eigenvalue weighted by Crippen LogP contribution is 2.23. The molecule has 1 aliphatic heterocycles. The van der Waals surface area contributed by atoms with E-state index in [0.717, 1.165) is 22.4 Å². The van der Waals surface area contributed by atoms with Crippen LogP contribution in [0.2, 0.25) is 0 Å². The van der Waals surface area contributed by atoms with Crippen LogP contribution in [0, 0.1) is 6.92 Å². The minimum Gasteiger partial charge on any atom is -0.744 e. The molecule has 1 amide bonds. The number of carbonyl (C=O) groups is 1. The number of aliphatic hydroxyl groups excluding tert-OH is 1. The lowest BCUT2D eigenvalue weighted by atomic mass is 10.1. The second kappa shape index (κ2) is 10.0. The Hall–Kier alpha value is -3.07. The van der Waals surface area contributed by atoms with Crippen LogP contribution in [0.3, 0.4) is 0 Å².